The summed E-state index contributed by atoms with van der Waals surface area (Å²) in [5, 5.41) is 13.5. The average molecular weight is 304 g/mol. The third kappa shape index (κ3) is 3.14. The largest absolute Gasteiger partial charge is 0.378 e. The van der Waals surface area contributed by atoms with E-state index in [1.807, 2.05) is 67.5 Å². The van der Waals surface area contributed by atoms with Crippen LogP contribution >= 0.6 is 0 Å². The maximum absolute atomic E-state index is 9.31. The lowest BCUT2D eigenvalue weighted by Gasteiger charge is -2.12. The molecule has 0 aliphatic rings. The van der Waals surface area contributed by atoms with Gasteiger partial charge in [-0.3, -0.25) is 5.43 Å². The normalized spacial score (nSPS) is 11.3. The minimum Gasteiger partial charge on any atom is -0.378 e. The van der Waals surface area contributed by atoms with E-state index in [-0.39, 0.29) is 5.71 Å². The molecule has 0 saturated heterocycles. The molecule has 0 saturated carbocycles. The molecule has 0 unspecified atom stereocenters. The van der Waals surface area contributed by atoms with Gasteiger partial charge in [0, 0.05) is 19.8 Å². The molecule has 0 fully saturated rings. The molecule has 3 aromatic rings. The number of nitrogens with zero attached hydrogens (tertiary/aromatic N) is 4. The van der Waals surface area contributed by atoms with E-state index in [0.29, 0.717) is 5.82 Å². The van der Waals surface area contributed by atoms with E-state index < -0.39 is 0 Å². The number of rotatable bonds is 4. The summed E-state index contributed by atoms with van der Waals surface area (Å²) in [5.41, 5.74) is 6.68. The number of hydrogen-bond acceptors (Lipinski definition) is 5. The van der Waals surface area contributed by atoms with Gasteiger partial charge in [-0.05, 0) is 36.4 Å². The number of aromatic nitrogens is 2. The summed E-state index contributed by atoms with van der Waals surface area (Å²) in [5.74, 6) is 0.450. The molecule has 114 valence electrons. The quantitative estimate of drug-likeness (QED) is 0.573. The number of imidazole rings is 1. The Morgan fingerprint density at radius 2 is 1.91 bits per heavy atom. The fourth-order valence-corrected chi connectivity index (χ4v) is 2.15. The monoisotopic (exact) mass is 304 g/mol. The van der Waals surface area contributed by atoms with Crippen LogP contribution in [0.2, 0.25) is 0 Å². The van der Waals surface area contributed by atoms with Crippen LogP contribution in [0.3, 0.4) is 0 Å². The van der Waals surface area contributed by atoms with Crippen LogP contribution in [0.25, 0.3) is 11.0 Å². The molecule has 0 amide bonds. The van der Waals surface area contributed by atoms with Gasteiger partial charge in [0.15, 0.2) is 5.82 Å². The number of nitriles is 1. The fourth-order valence-electron chi connectivity index (χ4n) is 2.15. The van der Waals surface area contributed by atoms with Crippen molar-refractivity contribution in [3.8, 4) is 6.07 Å². The predicted octanol–water partition coefficient (Wildman–Crippen LogP) is 2.97. The maximum Gasteiger partial charge on any atom is 0.203 e. The zero-order valence-electron chi connectivity index (χ0n) is 12.9. The van der Waals surface area contributed by atoms with Crippen LogP contribution in [0.15, 0.2) is 53.6 Å². The number of hydrogen-bond donors (Lipinski definition) is 2. The van der Waals surface area contributed by atoms with Gasteiger partial charge in [-0.15, -0.1) is 0 Å². The third-order valence-electron chi connectivity index (χ3n) is 3.40. The van der Waals surface area contributed by atoms with Gasteiger partial charge < -0.3 is 9.88 Å². The van der Waals surface area contributed by atoms with Crippen LogP contribution in [0.5, 0.6) is 0 Å². The van der Waals surface area contributed by atoms with E-state index >= 15 is 0 Å². The van der Waals surface area contributed by atoms with Crippen LogP contribution in [-0.2, 0) is 0 Å². The number of hydrazone groups is 1. The first-order valence-corrected chi connectivity index (χ1v) is 7.13. The Morgan fingerprint density at radius 1 is 1.17 bits per heavy atom. The molecule has 3 rings (SSSR count). The summed E-state index contributed by atoms with van der Waals surface area (Å²) in [7, 11) is 3.96. The minimum absolute atomic E-state index is 0.206. The third-order valence-corrected chi connectivity index (χ3v) is 3.40. The number of benzene rings is 2. The van der Waals surface area contributed by atoms with Crippen molar-refractivity contribution in [2.75, 3.05) is 24.4 Å². The zero-order chi connectivity index (χ0) is 16.2. The van der Waals surface area contributed by atoms with Crippen molar-refractivity contribution in [1.29, 1.82) is 5.26 Å². The van der Waals surface area contributed by atoms with Gasteiger partial charge >= 0.3 is 0 Å². The Balaban J connectivity index is 1.83. The van der Waals surface area contributed by atoms with E-state index in [1.54, 1.807) is 0 Å². The summed E-state index contributed by atoms with van der Waals surface area (Å²) in [4.78, 5) is 9.49. The lowest BCUT2D eigenvalue weighted by molar-refractivity contribution is 1.13. The van der Waals surface area contributed by atoms with Gasteiger partial charge in [0.2, 0.25) is 5.71 Å². The van der Waals surface area contributed by atoms with Gasteiger partial charge in [-0.1, -0.05) is 12.1 Å². The Bertz CT molecular complexity index is 850. The second-order valence-electron chi connectivity index (χ2n) is 5.23. The van der Waals surface area contributed by atoms with E-state index in [2.05, 4.69) is 26.6 Å². The zero-order valence-corrected chi connectivity index (χ0v) is 12.9. The topological polar surface area (TPSA) is 80.1 Å². The van der Waals surface area contributed by atoms with Crippen LogP contribution in [0.1, 0.15) is 5.82 Å². The Kier molecular flexibility index (Phi) is 3.93. The smallest absolute Gasteiger partial charge is 0.203 e. The molecule has 6 nitrogen and oxygen atoms in total. The SMILES string of the molecule is CN(C)c1ccc(N/N=C(\C#N)c2nc3ccccc3[nH]2)cc1. The molecule has 6 heteroatoms. The van der Waals surface area contributed by atoms with E-state index in [1.165, 1.54) is 0 Å². The van der Waals surface area contributed by atoms with Gasteiger partial charge in [0.05, 0.1) is 16.7 Å². The Hall–Kier alpha value is -3.33. The van der Waals surface area contributed by atoms with Gasteiger partial charge in [0.25, 0.3) is 0 Å². The van der Waals surface area contributed by atoms with E-state index in [4.69, 9.17) is 0 Å². The molecule has 0 radical (unpaired) electrons. The Labute approximate surface area is 134 Å². The van der Waals surface area contributed by atoms with Crippen molar-refractivity contribution >= 4 is 28.1 Å². The van der Waals surface area contributed by atoms with Crippen molar-refractivity contribution in [3.05, 3.63) is 54.4 Å². The molecule has 0 aliphatic heterocycles. The molecule has 0 atom stereocenters. The predicted molar refractivity (Wildman–Crippen MR) is 92.6 cm³/mol. The number of nitrogens with one attached hydrogen (secondary N) is 2. The molecule has 1 heterocycles. The summed E-state index contributed by atoms with van der Waals surface area (Å²) >= 11 is 0. The number of para-hydroxylation sites is 2. The van der Waals surface area contributed by atoms with Crippen LogP contribution in [0.4, 0.5) is 11.4 Å². The Morgan fingerprint density at radius 3 is 2.57 bits per heavy atom. The maximum atomic E-state index is 9.31. The van der Waals surface area contributed by atoms with Crippen molar-refractivity contribution in [2.45, 2.75) is 0 Å². The molecule has 2 N–H and O–H groups in total. The average Bonchev–Trinajstić information content (AvgIpc) is 2.99. The molecule has 0 aliphatic carbocycles. The van der Waals surface area contributed by atoms with Crippen LogP contribution in [-0.4, -0.2) is 29.8 Å². The first kappa shape index (κ1) is 14.6. The van der Waals surface area contributed by atoms with Crippen molar-refractivity contribution in [1.82, 2.24) is 9.97 Å². The molecule has 0 bridgehead atoms. The van der Waals surface area contributed by atoms with E-state index in [9.17, 15) is 5.26 Å². The van der Waals surface area contributed by atoms with E-state index in [0.717, 1.165) is 22.4 Å². The van der Waals surface area contributed by atoms with Gasteiger partial charge in [-0.25, -0.2) is 4.98 Å². The van der Waals surface area contributed by atoms with Crippen LogP contribution < -0.4 is 10.3 Å². The molecule has 2 aromatic carbocycles. The lowest BCUT2D eigenvalue weighted by atomic mass is 10.3. The molecular weight excluding hydrogens is 288 g/mol. The highest BCUT2D eigenvalue weighted by Gasteiger charge is 2.09. The first-order chi connectivity index (χ1) is 11.2. The van der Waals surface area contributed by atoms with Crippen molar-refractivity contribution < 1.29 is 0 Å². The molecule has 1 aromatic heterocycles. The number of H-pyrrole nitrogens is 1. The van der Waals surface area contributed by atoms with Gasteiger partial charge in [-0.2, -0.15) is 10.4 Å². The summed E-state index contributed by atoms with van der Waals surface area (Å²) < 4.78 is 0. The van der Waals surface area contributed by atoms with Crippen LogP contribution in [0, 0.1) is 11.3 Å². The second kappa shape index (κ2) is 6.20. The summed E-state index contributed by atoms with van der Waals surface area (Å²) in [6, 6.07) is 17.5. The summed E-state index contributed by atoms with van der Waals surface area (Å²) in [6.07, 6.45) is 0. The lowest BCUT2D eigenvalue weighted by Crippen LogP contribution is -2.08. The number of fused-ring (bicyclic) bond motifs is 1. The fraction of sp³-hybridized carbons (Fsp3) is 0.118. The highest BCUT2D eigenvalue weighted by molar-refractivity contribution is 6.10. The standard InChI is InChI=1S/C17H16N6/c1-23(2)13-9-7-12(8-10-13)21-22-16(11-18)17-19-14-5-3-4-6-15(14)20-17/h3-10,21H,1-2H3,(H,19,20)/b22-16+. The van der Waals surface area contributed by atoms with Crippen molar-refractivity contribution in [3.63, 3.8) is 0 Å². The summed E-state index contributed by atoms with van der Waals surface area (Å²) in [6.45, 7) is 0. The molecular formula is C17H16N6. The highest BCUT2D eigenvalue weighted by Crippen LogP contribution is 2.16. The number of anilines is 2. The second-order valence-corrected chi connectivity index (χ2v) is 5.23. The highest BCUT2D eigenvalue weighted by atomic mass is 15.3. The molecule has 23 heavy (non-hydrogen) atoms. The number of aromatic amines is 1. The minimum atomic E-state index is 0.206. The van der Waals surface area contributed by atoms with Gasteiger partial charge in [0.1, 0.15) is 6.07 Å². The first-order valence-electron chi connectivity index (χ1n) is 7.13. The molecule has 0 spiro atoms. The van der Waals surface area contributed by atoms with Crippen molar-refractivity contribution in [2.24, 2.45) is 5.10 Å².